The van der Waals surface area contributed by atoms with Crippen LogP contribution in [0.2, 0.25) is 0 Å². The van der Waals surface area contributed by atoms with Gasteiger partial charge in [0.2, 0.25) is 5.95 Å². The number of nitrogens with zero attached hydrogens (tertiary/aromatic N) is 4. The SMILES string of the molecule is Cc1cnc(NCc2ccnc(N3CCOC(C)C3)c2)nc1C. The largest absolute Gasteiger partial charge is 0.375 e. The monoisotopic (exact) mass is 313 g/mol. The van der Waals surface area contributed by atoms with Crippen molar-refractivity contribution in [2.45, 2.75) is 33.4 Å². The summed E-state index contributed by atoms with van der Waals surface area (Å²) in [5, 5.41) is 3.27. The summed E-state index contributed by atoms with van der Waals surface area (Å²) in [4.78, 5) is 15.5. The number of hydrogen-bond donors (Lipinski definition) is 1. The summed E-state index contributed by atoms with van der Waals surface area (Å²) in [5.74, 6) is 1.66. The second kappa shape index (κ2) is 6.91. The second-order valence-corrected chi connectivity index (χ2v) is 5.97. The predicted octanol–water partition coefficient (Wildman–Crippen LogP) is 2.33. The first kappa shape index (κ1) is 15.7. The number of aryl methyl sites for hydroxylation is 2. The lowest BCUT2D eigenvalue weighted by molar-refractivity contribution is 0.0529. The molecular weight excluding hydrogens is 290 g/mol. The lowest BCUT2D eigenvalue weighted by atomic mass is 10.2. The van der Waals surface area contributed by atoms with E-state index in [0.717, 1.165) is 42.3 Å². The van der Waals surface area contributed by atoms with E-state index in [1.165, 1.54) is 0 Å². The van der Waals surface area contributed by atoms with Crippen LogP contribution < -0.4 is 10.2 Å². The summed E-state index contributed by atoms with van der Waals surface area (Å²) in [7, 11) is 0. The number of anilines is 2. The predicted molar refractivity (Wildman–Crippen MR) is 90.7 cm³/mol. The molecule has 6 nitrogen and oxygen atoms in total. The van der Waals surface area contributed by atoms with Gasteiger partial charge in [-0.1, -0.05) is 0 Å². The van der Waals surface area contributed by atoms with Crippen LogP contribution in [0.4, 0.5) is 11.8 Å². The number of aromatic nitrogens is 3. The first-order valence-corrected chi connectivity index (χ1v) is 7.97. The van der Waals surface area contributed by atoms with Crippen molar-refractivity contribution in [3.05, 3.63) is 41.3 Å². The summed E-state index contributed by atoms with van der Waals surface area (Å²) in [6, 6.07) is 4.13. The van der Waals surface area contributed by atoms with E-state index in [4.69, 9.17) is 4.74 Å². The summed E-state index contributed by atoms with van der Waals surface area (Å²) in [5.41, 5.74) is 3.26. The van der Waals surface area contributed by atoms with E-state index in [1.807, 2.05) is 32.3 Å². The molecule has 23 heavy (non-hydrogen) atoms. The Morgan fingerprint density at radius 3 is 3.00 bits per heavy atom. The number of pyridine rings is 1. The van der Waals surface area contributed by atoms with Crippen molar-refractivity contribution in [2.75, 3.05) is 29.9 Å². The van der Waals surface area contributed by atoms with Crippen molar-refractivity contribution in [3.8, 4) is 0 Å². The maximum atomic E-state index is 5.59. The van der Waals surface area contributed by atoms with Gasteiger partial charge in [0.25, 0.3) is 0 Å². The molecule has 2 aromatic rings. The standard InChI is InChI=1S/C17H23N5O/c1-12-9-19-17(21-14(12)3)20-10-15-4-5-18-16(8-15)22-6-7-23-13(2)11-22/h4-5,8-9,13H,6-7,10-11H2,1-3H3,(H,19,20,21). The number of ether oxygens (including phenoxy) is 1. The van der Waals surface area contributed by atoms with Gasteiger partial charge in [-0.2, -0.15) is 0 Å². The van der Waals surface area contributed by atoms with E-state index in [9.17, 15) is 0 Å². The third-order valence-electron chi connectivity index (χ3n) is 4.05. The van der Waals surface area contributed by atoms with E-state index in [1.54, 1.807) is 0 Å². The first-order valence-electron chi connectivity index (χ1n) is 7.97. The Morgan fingerprint density at radius 2 is 2.22 bits per heavy atom. The summed E-state index contributed by atoms with van der Waals surface area (Å²) < 4.78 is 5.59. The smallest absolute Gasteiger partial charge is 0.223 e. The van der Waals surface area contributed by atoms with Crippen molar-refractivity contribution in [1.29, 1.82) is 0 Å². The van der Waals surface area contributed by atoms with Gasteiger partial charge in [-0.25, -0.2) is 15.0 Å². The maximum Gasteiger partial charge on any atom is 0.223 e. The molecule has 0 spiro atoms. The zero-order chi connectivity index (χ0) is 16.2. The molecule has 3 rings (SSSR count). The molecule has 122 valence electrons. The molecule has 1 N–H and O–H groups in total. The van der Waals surface area contributed by atoms with Gasteiger partial charge in [0.15, 0.2) is 0 Å². The summed E-state index contributed by atoms with van der Waals surface area (Å²) in [6.07, 6.45) is 3.95. The average molecular weight is 313 g/mol. The van der Waals surface area contributed by atoms with Crippen LogP contribution in [0, 0.1) is 13.8 Å². The maximum absolute atomic E-state index is 5.59. The Labute approximate surface area is 136 Å². The van der Waals surface area contributed by atoms with Crippen LogP contribution in [0.25, 0.3) is 0 Å². The minimum absolute atomic E-state index is 0.247. The highest BCUT2D eigenvalue weighted by molar-refractivity contribution is 5.42. The van der Waals surface area contributed by atoms with E-state index in [-0.39, 0.29) is 6.10 Å². The minimum atomic E-state index is 0.247. The molecule has 0 aromatic carbocycles. The van der Waals surface area contributed by atoms with Gasteiger partial charge in [0.05, 0.1) is 12.7 Å². The molecule has 1 aliphatic heterocycles. The number of hydrogen-bond acceptors (Lipinski definition) is 6. The van der Waals surface area contributed by atoms with Crippen molar-refractivity contribution in [3.63, 3.8) is 0 Å². The summed E-state index contributed by atoms with van der Waals surface area (Å²) in [6.45, 7) is 9.29. The number of rotatable bonds is 4. The quantitative estimate of drug-likeness (QED) is 0.934. The fraction of sp³-hybridized carbons (Fsp3) is 0.471. The molecule has 0 saturated carbocycles. The van der Waals surface area contributed by atoms with Gasteiger partial charge < -0.3 is 15.0 Å². The molecule has 1 atom stereocenters. The fourth-order valence-corrected chi connectivity index (χ4v) is 2.56. The Kier molecular flexibility index (Phi) is 4.71. The van der Waals surface area contributed by atoms with Crippen LogP contribution in [-0.4, -0.2) is 40.8 Å². The Hall–Kier alpha value is -2.21. The molecule has 0 bridgehead atoms. The zero-order valence-electron chi connectivity index (χ0n) is 13.9. The van der Waals surface area contributed by atoms with Gasteiger partial charge >= 0.3 is 0 Å². The van der Waals surface area contributed by atoms with Crippen LogP contribution in [0.3, 0.4) is 0 Å². The molecule has 1 fully saturated rings. The fourth-order valence-electron chi connectivity index (χ4n) is 2.56. The van der Waals surface area contributed by atoms with Crippen LogP contribution in [0.5, 0.6) is 0 Å². The van der Waals surface area contributed by atoms with Gasteiger partial charge in [-0.05, 0) is 44.0 Å². The molecule has 1 unspecified atom stereocenters. The molecule has 6 heteroatoms. The van der Waals surface area contributed by atoms with E-state index in [0.29, 0.717) is 12.5 Å². The topological polar surface area (TPSA) is 63.2 Å². The molecule has 2 aromatic heterocycles. The molecule has 1 saturated heterocycles. The van der Waals surface area contributed by atoms with Gasteiger partial charge in [-0.3, -0.25) is 0 Å². The number of morpholine rings is 1. The van der Waals surface area contributed by atoms with Crippen molar-refractivity contribution >= 4 is 11.8 Å². The van der Waals surface area contributed by atoms with Crippen molar-refractivity contribution < 1.29 is 4.74 Å². The van der Waals surface area contributed by atoms with E-state index < -0.39 is 0 Å². The molecule has 0 radical (unpaired) electrons. The first-order chi connectivity index (χ1) is 11.1. The highest BCUT2D eigenvalue weighted by Crippen LogP contribution is 2.17. The lowest BCUT2D eigenvalue weighted by Gasteiger charge is -2.32. The average Bonchev–Trinajstić information content (AvgIpc) is 2.56. The highest BCUT2D eigenvalue weighted by atomic mass is 16.5. The van der Waals surface area contributed by atoms with Crippen molar-refractivity contribution in [2.24, 2.45) is 0 Å². The minimum Gasteiger partial charge on any atom is -0.375 e. The molecular formula is C17H23N5O. The van der Waals surface area contributed by atoms with Gasteiger partial charge in [0.1, 0.15) is 5.82 Å². The number of nitrogens with one attached hydrogen (secondary N) is 1. The molecule has 1 aliphatic rings. The Balaban J connectivity index is 1.66. The van der Waals surface area contributed by atoms with Crippen LogP contribution in [0.1, 0.15) is 23.7 Å². The second-order valence-electron chi connectivity index (χ2n) is 5.97. The lowest BCUT2D eigenvalue weighted by Crippen LogP contribution is -2.41. The van der Waals surface area contributed by atoms with Gasteiger partial charge in [0, 0.05) is 37.7 Å². The van der Waals surface area contributed by atoms with Crippen LogP contribution >= 0.6 is 0 Å². The summed E-state index contributed by atoms with van der Waals surface area (Å²) >= 11 is 0. The molecule has 0 amide bonds. The molecule has 3 heterocycles. The third kappa shape index (κ3) is 3.96. The van der Waals surface area contributed by atoms with Crippen LogP contribution in [0.15, 0.2) is 24.5 Å². The third-order valence-corrected chi connectivity index (χ3v) is 4.05. The van der Waals surface area contributed by atoms with E-state index in [2.05, 4.69) is 38.2 Å². The van der Waals surface area contributed by atoms with Crippen LogP contribution in [-0.2, 0) is 11.3 Å². The van der Waals surface area contributed by atoms with E-state index >= 15 is 0 Å². The zero-order valence-corrected chi connectivity index (χ0v) is 13.9. The Morgan fingerprint density at radius 1 is 1.35 bits per heavy atom. The highest BCUT2D eigenvalue weighted by Gasteiger charge is 2.17. The normalized spacial score (nSPS) is 18.0. The molecule has 0 aliphatic carbocycles. The van der Waals surface area contributed by atoms with Gasteiger partial charge in [-0.15, -0.1) is 0 Å². The Bertz CT molecular complexity index is 676. The van der Waals surface area contributed by atoms with Crippen molar-refractivity contribution in [1.82, 2.24) is 15.0 Å².